The fourth-order valence-corrected chi connectivity index (χ4v) is 2.78. The molecule has 0 aliphatic heterocycles. The third-order valence-electron chi connectivity index (χ3n) is 2.69. The summed E-state index contributed by atoms with van der Waals surface area (Å²) in [4.78, 5) is 0. The molecule has 0 aliphatic carbocycles. The van der Waals surface area contributed by atoms with Crippen LogP contribution in [-0.4, -0.2) is 50.6 Å². The molecule has 1 atom stereocenters. The second-order valence-electron chi connectivity index (χ2n) is 4.22. The normalized spacial score (nSPS) is 12.8. The number of hydrogen-bond acceptors (Lipinski definition) is 4. The molecule has 0 saturated heterocycles. The minimum Gasteiger partial charge on any atom is -0.493 e. The Balaban J connectivity index is 3.08. The molecule has 0 bridgehead atoms. The van der Waals surface area contributed by atoms with Crippen molar-refractivity contribution in [2.24, 2.45) is 0 Å². The highest BCUT2D eigenvalue weighted by molar-refractivity contribution is 7.86. The Bertz CT molecular complexity index is 511. The van der Waals surface area contributed by atoms with Crippen LogP contribution in [0.15, 0.2) is 18.2 Å². The second-order valence-corrected chi connectivity index (χ2v) is 5.59. The third kappa shape index (κ3) is 5.38. The molecule has 0 N–H and O–H groups in total. The molecule has 0 radical (unpaired) electrons. The molecular formula is C13H18F3NO4S. The smallest absolute Gasteiger partial charge is 0.402 e. The van der Waals surface area contributed by atoms with Gasteiger partial charge in [-0.15, -0.1) is 0 Å². The van der Waals surface area contributed by atoms with Crippen LogP contribution in [0.25, 0.3) is 0 Å². The highest BCUT2D eigenvalue weighted by Crippen LogP contribution is 2.32. The zero-order valence-electron chi connectivity index (χ0n) is 12.5. The zero-order chi connectivity index (χ0) is 16.8. The van der Waals surface area contributed by atoms with Gasteiger partial charge in [0, 0.05) is 13.2 Å². The maximum absolute atomic E-state index is 12.5. The van der Waals surface area contributed by atoms with E-state index >= 15 is 0 Å². The summed E-state index contributed by atoms with van der Waals surface area (Å²) in [6.45, 7) is 0.187. The molecule has 5 nitrogen and oxygen atoms in total. The standard InChI is InChI=1S/C13H18F3NO4S/c1-19-7-6-17(22(18)9-13(14,15)16)10-4-5-11(20-2)12(8-10)21-3/h4-5,8H,6-7,9H2,1-3H3. The highest BCUT2D eigenvalue weighted by atomic mass is 32.2. The molecule has 22 heavy (non-hydrogen) atoms. The predicted molar refractivity (Wildman–Crippen MR) is 77.8 cm³/mol. The average Bonchev–Trinajstić information content (AvgIpc) is 2.45. The number of alkyl halides is 3. The molecule has 1 aromatic carbocycles. The van der Waals surface area contributed by atoms with Crippen molar-refractivity contribution in [3.63, 3.8) is 0 Å². The van der Waals surface area contributed by atoms with Gasteiger partial charge in [-0.05, 0) is 12.1 Å². The summed E-state index contributed by atoms with van der Waals surface area (Å²) in [7, 11) is 2.01. The van der Waals surface area contributed by atoms with Gasteiger partial charge in [0.15, 0.2) is 11.5 Å². The highest BCUT2D eigenvalue weighted by Gasteiger charge is 2.33. The van der Waals surface area contributed by atoms with Crippen molar-refractivity contribution in [1.29, 1.82) is 0 Å². The molecule has 0 amide bonds. The number of hydrogen-bond donors (Lipinski definition) is 0. The molecule has 0 saturated carbocycles. The number of methoxy groups -OCH3 is 3. The molecule has 126 valence electrons. The van der Waals surface area contributed by atoms with E-state index in [1.165, 1.54) is 33.5 Å². The van der Waals surface area contributed by atoms with E-state index in [-0.39, 0.29) is 13.2 Å². The SMILES string of the molecule is COCCN(c1ccc(OC)c(OC)c1)S(=O)CC(F)(F)F. The summed E-state index contributed by atoms with van der Waals surface area (Å²) < 4.78 is 65.6. The first-order chi connectivity index (χ1) is 10.3. The van der Waals surface area contributed by atoms with Gasteiger partial charge in [0.25, 0.3) is 0 Å². The van der Waals surface area contributed by atoms with Crippen LogP contribution in [0.3, 0.4) is 0 Å². The maximum atomic E-state index is 12.5. The first kappa shape index (κ1) is 18.6. The quantitative estimate of drug-likeness (QED) is 0.728. The minimum absolute atomic E-state index is 0.0503. The van der Waals surface area contributed by atoms with Crippen LogP contribution >= 0.6 is 0 Å². The first-order valence-corrected chi connectivity index (χ1v) is 7.53. The molecule has 0 fully saturated rings. The monoisotopic (exact) mass is 341 g/mol. The largest absolute Gasteiger partial charge is 0.493 e. The molecular weight excluding hydrogens is 323 g/mol. The zero-order valence-corrected chi connectivity index (χ0v) is 13.3. The van der Waals surface area contributed by atoms with Crippen molar-refractivity contribution in [1.82, 2.24) is 0 Å². The van der Waals surface area contributed by atoms with Gasteiger partial charge in [-0.2, -0.15) is 13.2 Å². The van der Waals surface area contributed by atoms with Crippen molar-refractivity contribution >= 4 is 16.7 Å². The van der Waals surface area contributed by atoms with Crippen molar-refractivity contribution in [2.45, 2.75) is 6.18 Å². The Kier molecular flexibility index (Phi) is 6.95. The number of ether oxygens (including phenoxy) is 3. The number of rotatable bonds is 8. The van der Waals surface area contributed by atoms with Crippen LogP contribution < -0.4 is 13.8 Å². The second kappa shape index (κ2) is 8.23. The van der Waals surface area contributed by atoms with Crippen molar-refractivity contribution in [3.05, 3.63) is 18.2 Å². The van der Waals surface area contributed by atoms with Crippen LogP contribution in [-0.2, 0) is 15.7 Å². The van der Waals surface area contributed by atoms with E-state index in [2.05, 4.69) is 0 Å². The maximum Gasteiger partial charge on any atom is 0.402 e. The van der Waals surface area contributed by atoms with Crippen LogP contribution in [0, 0.1) is 0 Å². The van der Waals surface area contributed by atoms with Crippen LogP contribution in [0.1, 0.15) is 0 Å². The number of anilines is 1. The van der Waals surface area contributed by atoms with E-state index in [4.69, 9.17) is 14.2 Å². The fourth-order valence-electron chi connectivity index (χ4n) is 1.72. The van der Waals surface area contributed by atoms with Gasteiger partial charge in [0.2, 0.25) is 0 Å². The molecule has 0 aliphatic rings. The molecule has 9 heteroatoms. The Morgan fingerprint density at radius 1 is 1.14 bits per heavy atom. The third-order valence-corrected chi connectivity index (χ3v) is 4.15. The predicted octanol–water partition coefficient (Wildman–Crippen LogP) is 2.38. The molecule has 0 aromatic heterocycles. The van der Waals surface area contributed by atoms with Gasteiger partial charge in [0.1, 0.15) is 16.7 Å². The topological polar surface area (TPSA) is 48.0 Å². The summed E-state index contributed by atoms with van der Waals surface area (Å²) in [6.07, 6.45) is -4.52. The van der Waals surface area contributed by atoms with Crippen molar-refractivity contribution in [3.8, 4) is 11.5 Å². The van der Waals surface area contributed by atoms with Crippen molar-refractivity contribution in [2.75, 3.05) is 44.5 Å². The lowest BCUT2D eigenvalue weighted by atomic mass is 10.2. The average molecular weight is 341 g/mol. The fraction of sp³-hybridized carbons (Fsp3) is 0.538. The Morgan fingerprint density at radius 2 is 1.77 bits per heavy atom. The van der Waals surface area contributed by atoms with Crippen LogP contribution in [0.4, 0.5) is 18.9 Å². The van der Waals surface area contributed by atoms with Crippen molar-refractivity contribution < 1.29 is 31.6 Å². The van der Waals surface area contributed by atoms with Gasteiger partial charge < -0.3 is 14.2 Å². The summed E-state index contributed by atoms with van der Waals surface area (Å²) in [5.41, 5.74) is 0.331. The molecule has 1 aromatic rings. The van der Waals surface area contributed by atoms with Crippen LogP contribution in [0.2, 0.25) is 0 Å². The van der Waals surface area contributed by atoms with Gasteiger partial charge in [-0.25, -0.2) is 4.21 Å². The minimum atomic E-state index is -4.52. The van der Waals surface area contributed by atoms with Gasteiger partial charge in [0.05, 0.1) is 33.1 Å². The molecule has 1 rings (SSSR count). The van der Waals surface area contributed by atoms with E-state index in [9.17, 15) is 17.4 Å². The van der Waals surface area contributed by atoms with E-state index < -0.39 is 22.9 Å². The van der Waals surface area contributed by atoms with E-state index in [0.29, 0.717) is 17.2 Å². The summed E-state index contributed by atoms with van der Waals surface area (Å²) in [5.74, 6) is -0.656. The summed E-state index contributed by atoms with van der Waals surface area (Å²) in [6, 6.07) is 4.53. The van der Waals surface area contributed by atoms with Crippen LogP contribution in [0.5, 0.6) is 11.5 Å². The number of benzene rings is 1. The lowest BCUT2D eigenvalue weighted by Crippen LogP contribution is -2.35. The summed E-state index contributed by atoms with van der Waals surface area (Å²) >= 11 is 0. The lowest BCUT2D eigenvalue weighted by molar-refractivity contribution is -0.105. The Morgan fingerprint density at radius 3 is 2.27 bits per heavy atom. The summed E-state index contributed by atoms with van der Waals surface area (Å²) in [5, 5.41) is 0. The molecule has 1 unspecified atom stereocenters. The Hall–Kier alpha value is -1.48. The Labute approximate surface area is 129 Å². The van der Waals surface area contributed by atoms with E-state index in [0.717, 1.165) is 4.31 Å². The van der Waals surface area contributed by atoms with E-state index in [1.807, 2.05) is 0 Å². The first-order valence-electron chi connectivity index (χ1n) is 6.26. The molecule has 0 heterocycles. The van der Waals surface area contributed by atoms with Gasteiger partial charge >= 0.3 is 6.18 Å². The lowest BCUT2D eigenvalue weighted by Gasteiger charge is -2.24. The number of halogens is 3. The van der Waals surface area contributed by atoms with Gasteiger partial charge in [-0.3, -0.25) is 4.31 Å². The number of nitrogens with zero attached hydrogens (tertiary/aromatic N) is 1. The van der Waals surface area contributed by atoms with E-state index in [1.54, 1.807) is 6.07 Å². The van der Waals surface area contributed by atoms with Gasteiger partial charge in [-0.1, -0.05) is 0 Å². The molecule has 0 spiro atoms.